The van der Waals surface area contributed by atoms with E-state index in [1.165, 1.54) is 29.5 Å². The summed E-state index contributed by atoms with van der Waals surface area (Å²) in [6.07, 6.45) is -5.32. The van der Waals surface area contributed by atoms with Gasteiger partial charge in [0, 0.05) is 26.5 Å². The summed E-state index contributed by atoms with van der Waals surface area (Å²) >= 11 is 0. The van der Waals surface area contributed by atoms with Gasteiger partial charge in [-0.3, -0.25) is 9.25 Å². The van der Waals surface area contributed by atoms with Gasteiger partial charge in [-0.15, -0.1) is 0 Å². The van der Waals surface area contributed by atoms with Gasteiger partial charge in [-0.05, 0) is 6.07 Å². The largest absolute Gasteiger partial charge is 0.417 e. The normalized spacial score (nSPS) is 12.3. The molecule has 1 N–H and O–H groups in total. The van der Waals surface area contributed by atoms with Crippen molar-refractivity contribution in [2.24, 2.45) is 14.1 Å². The van der Waals surface area contributed by atoms with Gasteiger partial charge in [0.05, 0.1) is 11.3 Å². The van der Waals surface area contributed by atoms with E-state index >= 15 is 0 Å². The zero-order chi connectivity index (χ0) is 17.6. The van der Waals surface area contributed by atoms with Crippen molar-refractivity contribution >= 4 is 22.8 Å². The number of rotatable bonds is 3. The lowest BCUT2D eigenvalue weighted by atomic mass is 10.2. The van der Waals surface area contributed by atoms with Crippen molar-refractivity contribution in [1.82, 2.24) is 24.3 Å². The van der Waals surface area contributed by atoms with Crippen LogP contribution in [0.5, 0.6) is 0 Å². The molecule has 0 bridgehead atoms. The van der Waals surface area contributed by atoms with Crippen LogP contribution in [0.2, 0.25) is 0 Å². The molecule has 0 radical (unpaired) electrons. The number of anilines is 2. The minimum Gasteiger partial charge on any atom is -0.322 e. The first-order chi connectivity index (χ1) is 11.2. The molecule has 3 heterocycles. The molecule has 0 aliphatic rings. The second-order valence-corrected chi connectivity index (χ2v) is 5.09. The minimum atomic E-state index is -4.54. The number of nitrogens with one attached hydrogen (secondary N) is 1. The van der Waals surface area contributed by atoms with Crippen LogP contribution in [-0.2, 0) is 20.3 Å². The summed E-state index contributed by atoms with van der Waals surface area (Å²) in [4.78, 5) is 7.74. The number of aryl methyl sites for hydroxylation is 2. The zero-order valence-electron chi connectivity index (χ0n) is 12.4. The molecule has 0 amide bonds. The standard InChI is InChI=1S/C13H11F5N6/c1-23-5-8(9(22-23)10(14)15)21-12-20-7-3-6(13(16,17)18)4-19-11(7)24(12)2/h3-5,10H,1-2H3,(H,20,21). The topological polar surface area (TPSA) is 60.6 Å². The molecule has 0 fully saturated rings. The Morgan fingerprint density at radius 3 is 2.54 bits per heavy atom. The van der Waals surface area contributed by atoms with Crippen LogP contribution in [0, 0.1) is 0 Å². The highest BCUT2D eigenvalue weighted by Gasteiger charge is 2.31. The quantitative estimate of drug-likeness (QED) is 0.739. The predicted molar refractivity (Wildman–Crippen MR) is 75.0 cm³/mol. The van der Waals surface area contributed by atoms with Crippen LogP contribution in [0.3, 0.4) is 0 Å². The van der Waals surface area contributed by atoms with E-state index in [4.69, 9.17) is 0 Å². The Labute approximate surface area is 131 Å². The van der Waals surface area contributed by atoms with Crippen molar-refractivity contribution in [3.8, 4) is 0 Å². The average molecular weight is 346 g/mol. The van der Waals surface area contributed by atoms with Gasteiger partial charge < -0.3 is 5.32 Å². The van der Waals surface area contributed by atoms with Crippen LogP contribution in [0.15, 0.2) is 18.5 Å². The maximum atomic E-state index is 13.0. The molecule has 3 aromatic rings. The van der Waals surface area contributed by atoms with Crippen molar-refractivity contribution in [2.45, 2.75) is 12.6 Å². The van der Waals surface area contributed by atoms with E-state index in [1.54, 1.807) is 0 Å². The Kier molecular flexibility index (Phi) is 3.65. The number of nitrogens with zero attached hydrogens (tertiary/aromatic N) is 5. The molecule has 24 heavy (non-hydrogen) atoms. The molecular weight excluding hydrogens is 335 g/mol. The average Bonchev–Trinajstić information content (AvgIpc) is 2.99. The highest BCUT2D eigenvalue weighted by Crippen LogP contribution is 2.32. The number of hydrogen-bond acceptors (Lipinski definition) is 4. The van der Waals surface area contributed by atoms with Crippen molar-refractivity contribution in [1.29, 1.82) is 0 Å². The second kappa shape index (κ2) is 5.42. The van der Waals surface area contributed by atoms with Gasteiger partial charge in [-0.25, -0.2) is 18.7 Å². The van der Waals surface area contributed by atoms with E-state index in [0.29, 0.717) is 6.20 Å². The molecule has 0 saturated heterocycles. The summed E-state index contributed by atoms with van der Waals surface area (Å²) in [5.41, 5.74) is -1.21. The third kappa shape index (κ3) is 2.76. The minimum absolute atomic E-state index is 0.00249. The molecule has 3 rings (SSSR count). The first kappa shape index (κ1) is 16.1. The first-order valence-corrected chi connectivity index (χ1v) is 6.65. The van der Waals surface area contributed by atoms with Crippen LogP contribution in [0.1, 0.15) is 17.7 Å². The van der Waals surface area contributed by atoms with Crippen LogP contribution in [0.25, 0.3) is 11.2 Å². The fourth-order valence-corrected chi connectivity index (χ4v) is 2.23. The predicted octanol–water partition coefficient (Wildman–Crippen LogP) is 3.40. The fraction of sp³-hybridized carbons (Fsp3) is 0.308. The lowest BCUT2D eigenvalue weighted by molar-refractivity contribution is -0.137. The summed E-state index contributed by atoms with van der Waals surface area (Å²) in [6.45, 7) is 0. The maximum absolute atomic E-state index is 13.0. The number of hydrogen-bond donors (Lipinski definition) is 1. The molecule has 0 aliphatic carbocycles. The van der Waals surface area contributed by atoms with E-state index in [9.17, 15) is 22.0 Å². The van der Waals surface area contributed by atoms with Gasteiger partial charge in [0.1, 0.15) is 5.52 Å². The van der Waals surface area contributed by atoms with Crippen LogP contribution in [-0.4, -0.2) is 24.3 Å². The molecule has 11 heteroatoms. The SMILES string of the molecule is Cn1cc(Nc2nc3cc(C(F)(F)F)cnc3n2C)c(C(F)F)n1. The van der Waals surface area contributed by atoms with E-state index < -0.39 is 23.9 Å². The van der Waals surface area contributed by atoms with Crippen molar-refractivity contribution in [3.63, 3.8) is 0 Å². The van der Waals surface area contributed by atoms with Crippen molar-refractivity contribution in [3.05, 3.63) is 29.7 Å². The molecule has 0 aromatic carbocycles. The van der Waals surface area contributed by atoms with Gasteiger partial charge in [0.15, 0.2) is 11.3 Å². The number of alkyl halides is 5. The Hall–Kier alpha value is -2.72. The number of pyridine rings is 1. The fourth-order valence-electron chi connectivity index (χ4n) is 2.23. The third-order valence-electron chi connectivity index (χ3n) is 3.35. The van der Waals surface area contributed by atoms with Gasteiger partial charge in [-0.2, -0.15) is 18.3 Å². The molecule has 0 aliphatic heterocycles. The van der Waals surface area contributed by atoms with E-state index in [-0.39, 0.29) is 22.8 Å². The van der Waals surface area contributed by atoms with Gasteiger partial charge in [0.25, 0.3) is 6.43 Å². The van der Waals surface area contributed by atoms with E-state index in [1.807, 2.05) is 0 Å². The summed E-state index contributed by atoms with van der Waals surface area (Å²) in [6, 6.07) is 0.852. The number of fused-ring (bicyclic) bond motifs is 1. The van der Waals surface area contributed by atoms with Gasteiger partial charge in [-0.1, -0.05) is 0 Å². The molecule has 3 aromatic heterocycles. The van der Waals surface area contributed by atoms with E-state index in [0.717, 1.165) is 6.07 Å². The molecule has 0 saturated carbocycles. The Morgan fingerprint density at radius 2 is 1.92 bits per heavy atom. The molecular formula is C13H11F5N6. The maximum Gasteiger partial charge on any atom is 0.417 e. The highest BCUT2D eigenvalue weighted by molar-refractivity contribution is 5.76. The zero-order valence-corrected chi connectivity index (χ0v) is 12.4. The third-order valence-corrected chi connectivity index (χ3v) is 3.35. The van der Waals surface area contributed by atoms with Crippen LogP contribution in [0.4, 0.5) is 33.6 Å². The van der Waals surface area contributed by atoms with Gasteiger partial charge in [0.2, 0.25) is 5.95 Å². The Bertz CT molecular complexity index is 894. The van der Waals surface area contributed by atoms with Gasteiger partial charge >= 0.3 is 6.18 Å². The Balaban J connectivity index is 2.03. The first-order valence-electron chi connectivity index (χ1n) is 6.65. The van der Waals surface area contributed by atoms with Crippen molar-refractivity contribution < 1.29 is 22.0 Å². The van der Waals surface area contributed by atoms with Crippen LogP contribution >= 0.6 is 0 Å². The van der Waals surface area contributed by atoms with E-state index in [2.05, 4.69) is 20.4 Å². The van der Waals surface area contributed by atoms with Crippen molar-refractivity contribution in [2.75, 3.05) is 5.32 Å². The number of halogens is 5. The monoisotopic (exact) mass is 346 g/mol. The molecule has 0 unspecified atom stereocenters. The summed E-state index contributed by atoms with van der Waals surface area (Å²) < 4.78 is 66.7. The second-order valence-electron chi connectivity index (χ2n) is 5.09. The molecule has 6 nitrogen and oxygen atoms in total. The molecule has 0 spiro atoms. The van der Waals surface area contributed by atoms with Crippen LogP contribution < -0.4 is 5.32 Å². The molecule has 0 atom stereocenters. The highest BCUT2D eigenvalue weighted by atomic mass is 19.4. The lowest BCUT2D eigenvalue weighted by Crippen LogP contribution is -2.05. The Morgan fingerprint density at radius 1 is 1.21 bits per heavy atom. The molecule has 128 valence electrons. The number of aromatic nitrogens is 5. The summed E-state index contributed by atoms with van der Waals surface area (Å²) in [5.74, 6) is 0.0757. The number of imidazole rings is 1. The summed E-state index contributed by atoms with van der Waals surface area (Å²) in [5, 5.41) is 6.30. The summed E-state index contributed by atoms with van der Waals surface area (Å²) in [7, 11) is 2.99. The lowest BCUT2D eigenvalue weighted by Gasteiger charge is -2.06. The smallest absolute Gasteiger partial charge is 0.322 e.